The van der Waals surface area contributed by atoms with E-state index in [-0.39, 0.29) is 28.4 Å². The summed E-state index contributed by atoms with van der Waals surface area (Å²) in [6.07, 6.45) is 9.13. The number of nitrogens with two attached hydrogens (primary N) is 1. The van der Waals surface area contributed by atoms with E-state index >= 15 is 0 Å². The van der Waals surface area contributed by atoms with Crippen LogP contribution in [0.5, 0.6) is 0 Å². The SMILES string of the molecule is CC#C[C@]1(O)CC[C@H]2[C@@H]3CCC4=CC(=O)CCC4=C3[C@@H](c3ccc(N(C)C)cc3)C[C@@]21C.CCN(CC)C(=O)[C@]1(c2ccccc2)C[C@@H]1CN. The van der Waals surface area contributed by atoms with E-state index in [4.69, 9.17) is 5.73 Å². The van der Waals surface area contributed by atoms with Gasteiger partial charge in [0.25, 0.3) is 0 Å². The van der Waals surface area contributed by atoms with Crippen LogP contribution in [0.1, 0.15) is 96.1 Å². The molecule has 50 heavy (non-hydrogen) atoms. The highest BCUT2D eigenvalue weighted by molar-refractivity contribution is 5.93. The van der Waals surface area contributed by atoms with E-state index < -0.39 is 5.60 Å². The molecular formula is C44H57N3O3. The Morgan fingerprint density at radius 2 is 1.68 bits per heavy atom. The molecule has 0 saturated heterocycles. The quantitative estimate of drug-likeness (QED) is 0.304. The fourth-order valence-electron chi connectivity index (χ4n) is 10.3. The Kier molecular flexibility index (Phi) is 10.2. The number of carbonyl (C=O) groups excluding carboxylic acids is 2. The van der Waals surface area contributed by atoms with Gasteiger partial charge in [0.1, 0.15) is 5.60 Å². The third kappa shape index (κ3) is 6.05. The van der Waals surface area contributed by atoms with E-state index in [0.29, 0.717) is 30.7 Å². The van der Waals surface area contributed by atoms with Gasteiger partial charge in [0.05, 0.1) is 5.41 Å². The molecule has 0 spiro atoms. The van der Waals surface area contributed by atoms with Gasteiger partial charge in [-0.3, -0.25) is 9.59 Å². The van der Waals surface area contributed by atoms with Crippen LogP contribution in [-0.2, 0) is 15.0 Å². The average molecular weight is 676 g/mol. The summed E-state index contributed by atoms with van der Waals surface area (Å²) >= 11 is 0. The van der Waals surface area contributed by atoms with Crippen molar-refractivity contribution >= 4 is 17.4 Å². The van der Waals surface area contributed by atoms with Gasteiger partial charge in [0, 0.05) is 50.6 Å². The lowest BCUT2D eigenvalue weighted by Crippen LogP contribution is -2.51. The Balaban J connectivity index is 0.000000204. The zero-order valence-electron chi connectivity index (χ0n) is 31.1. The van der Waals surface area contributed by atoms with Gasteiger partial charge in [-0.15, -0.1) is 5.92 Å². The first kappa shape index (κ1) is 36.1. The Labute approximate surface area is 300 Å². The zero-order chi connectivity index (χ0) is 35.8. The molecule has 3 N–H and O–H groups in total. The number of aliphatic hydroxyl groups is 1. The lowest BCUT2D eigenvalue weighted by atomic mass is 9.51. The molecule has 6 nitrogen and oxygen atoms in total. The van der Waals surface area contributed by atoms with Crippen molar-refractivity contribution in [1.82, 2.24) is 4.90 Å². The van der Waals surface area contributed by atoms with Gasteiger partial charge < -0.3 is 20.6 Å². The van der Waals surface area contributed by atoms with Crippen LogP contribution in [0.2, 0.25) is 0 Å². The molecule has 2 aromatic carbocycles. The highest BCUT2D eigenvalue weighted by atomic mass is 16.3. The van der Waals surface area contributed by atoms with Crippen molar-refractivity contribution in [2.45, 2.75) is 96.0 Å². The predicted octanol–water partition coefficient (Wildman–Crippen LogP) is 7.18. The standard InChI is InChI=1S/C29H35NO2.C15H22N2O/c1-5-15-29(32)16-14-26-24-12-8-20-17-22(31)11-13-23(20)27(24)25(18-28(26,29)2)19-6-9-21(10-7-19)30(3)4;1-3-17(4-2)14(18)15(10-13(15)11-16)12-8-6-5-7-9-12/h6-7,9-10,17,24-26,32H,8,11-14,16,18H2,1-4H3;5-9,13H,3-4,10-11,16H2,1-2H3/t24-,25+,26-,28-,29-;13-,15+/m01/s1. The van der Waals surface area contributed by atoms with E-state index in [2.05, 4.69) is 74.2 Å². The number of carbonyl (C=O) groups is 2. The third-order valence-corrected chi connectivity index (χ3v) is 13.1. The number of hydrogen-bond donors (Lipinski definition) is 2. The molecule has 3 saturated carbocycles. The fourth-order valence-corrected chi connectivity index (χ4v) is 10.3. The highest BCUT2D eigenvalue weighted by Crippen LogP contribution is 2.66. The second-order valence-corrected chi connectivity index (χ2v) is 15.7. The predicted molar refractivity (Wildman–Crippen MR) is 203 cm³/mol. The summed E-state index contributed by atoms with van der Waals surface area (Å²) in [6.45, 7) is 10.3. The molecule has 6 heteroatoms. The van der Waals surface area contributed by atoms with Crippen LogP contribution in [0.25, 0.3) is 0 Å². The van der Waals surface area contributed by atoms with Crippen LogP contribution < -0.4 is 10.6 Å². The molecular weight excluding hydrogens is 619 g/mol. The van der Waals surface area contributed by atoms with Crippen LogP contribution >= 0.6 is 0 Å². The van der Waals surface area contributed by atoms with Crippen molar-refractivity contribution in [1.29, 1.82) is 0 Å². The van der Waals surface area contributed by atoms with Gasteiger partial charge in [0.2, 0.25) is 5.91 Å². The number of anilines is 1. The maximum absolute atomic E-state index is 12.7. The van der Waals surface area contributed by atoms with Crippen LogP contribution in [0, 0.1) is 35.0 Å². The highest BCUT2D eigenvalue weighted by Gasteiger charge is 2.63. The first-order valence-electron chi connectivity index (χ1n) is 18.9. The molecule has 5 aliphatic carbocycles. The van der Waals surface area contributed by atoms with Crippen molar-refractivity contribution < 1.29 is 14.7 Å². The largest absolute Gasteiger partial charge is 0.378 e. The van der Waals surface area contributed by atoms with Crippen molar-refractivity contribution in [3.05, 3.63) is 88.5 Å². The fraction of sp³-hybridized carbons (Fsp3) is 0.545. The van der Waals surface area contributed by atoms with Gasteiger partial charge in [-0.2, -0.15) is 0 Å². The summed E-state index contributed by atoms with van der Waals surface area (Å²) in [5, 5.41) is 11.7. The first-order chi connectivity index (χ1) is 24.0. The minimum atomic E-state index is -0.914. The van der Waals surface area contributed by atoms with Gasteiger partial charge in [-0.25, -0.2) is 0 Å². The summed E-state index contributed by atoms with van der Waals surface area (Å²) in [4.78, 5) is 29.0. The smallest absolute Gasteiger partial charge is 0.233 e. The number of fused-ring (bicyclic) bond motifs is 4. The van der Waals surface area contributed by atoms with Crippen molar-refractivity contribution in [3.63, 3.8) is 0 Å². The molecule has 3 fully saturated rings. The van der Waals surface area contributed by atoms with Gasteiger partial charge in [0.15, 0.2) is 5.78 Å². The molecule has 5 aliphatic rings. The molecule has 2 aromatic rings. The Bertz CT molecular complexity index is 1710. The van der Waals surface area contributed by atoms with Crippen molar-refractivity contribution in [2.24, 2.45) is 28.9 Å². The number of benzene rings is 2. The Hall–Kier alpha value is -3.66. The lowest BCUT2D eigenvalue weighted by molar-refractivity contribution is -0.134. The number of likely N-dealkylation sites (N-methyl/N-ethyl adjacent to an activating group) is 1. The summed E-state index contributed by atoms with van der Waals surface area (Å²) in [5.74, 6) is 8.30. The van der Waals surface area contributed by atoms with Crippen LogP contribution in [0.3, 0.4) is 0 Å². The molecule has 1 amide bonds. The van der Waals surface area contributed by atoms with E-state index in [1.807, 2.05) is 49.9 Å². The van der Waals surface area contributed by atoms with Crippen molar-refractivity contribution in [2.75, 3.05) is 38.6 Å². The Morgan fingerprint density at radius 3 is 2.28 bits per heavy atom. The average Bonchev–Trinajstić information content (AvgIpc) is 3.82. The minimum absolute atomic E-state index is 0.221. The number of ketones is 1. The van der Waals surface area contributed by atoms with E-state index in [1.54, 1.807) is 5.57 Å². The summed E-state index contributed by atoms with van der Waals surface area (Å²) in [7, 11) is 4.14. The topological polar surface area (TPSA) is 86.9 Å². The molecule has 0 radical (unpaired) electrons. The number of hydrogen-bond acceptors (Lipinski definition) is 5. The molecule has 7 atom stereocenters. The number of allylic oxidation sites excluding steroid dienone is 4. The number of amides is 1. The lowest BCUT2D eigenvalue weighted by Gasteiger charge is -2.53. The van der Waals surface area contributed by atoms with E-state index in [9.17, 15) is 14.7 Å². The molecule has 7 rings (SSSR count). The van der Waals surface area contributed by atoms with Crippen LogP contribution in [0.15, 0.2) is 77.4 Å². The monoisotopic (exact) mass is 675 g/mol. The van der Waals surface area contributed by atoms with Gasteiger partial charge >= 0.3 is 0 Å². The van der Waals surface area contributed by atoms with Gasteiger partial charge in [-0.05, 0) is 130 Å². The van der Waals surface area contributed by atoms with E-state index in [1.165, 1.54) is 22.4 Å². The minimum Gasteiger partial charge on any atom is -0.378 e. The van der Waals surface area contributed by atoms with Crippen LogP contribution in [-0.4, -0.2) is 61.0 Å². The number of rotatable bonds is 7. The summed E-state index contributed by atoms with van der Waals surface area (Å²) in [5.41, 5.74) is 12.3. The zero-order valence-corrected chi connectivity index (χ0v) is 31.1. The molecule has 0 heterocycles. The normalized spacial score (nSPS) is 32.2. The maximum Gasteiger partial charge on any atom is 0.233 e. The summed E-state index contributed by atoms with van der Waals surface area (Å²) < 4.78 is 0. The molecule has 0 aliphatic heterocycles. The summed E-state index contributed by atoms with van der Waals surface area (Å²) in [6, 6.07) is 19.1. The number of nitrogens with zero attached hydrogens (tertiary/aromatic N) is 2. The molecule has 0 unspecified atom stereocenters. The first-order valence-corrected chi connectivity index (χ1v) is 18.9. The second-order valence-electron chi connectivity index (χ2n) is 15.7. The van der Waals surface area contributed by atoms with E-state index in [0.717, 1.165) is 63.6 Å². The molecule has 266 valence electrons. The van der Waals surface area contributed by atoms with Crippen LogP contribution in [0.4, 0.5) is 5.69 Å². The second kappa shape index (κ2) is 14.2. The van der Waals surface area contributed by atoms with Gasteiger partial charge in [-0.1, -0.05) is 60.9 Å². The van der Waals surface area contributed by atoms with Crippen molar-refractivity contribution in [3.8, 4) is 11.8 Å². The molecule has 0 bridgehead atoms. The Morgan fingerprint density at radius 1 is 0.980 bits per heavy atom. The third-order valence-electron chi connectivity index (χ3n) is 13.1. The maximum atomic E-state index is 12.7. The molecule has 0 aromatic heterocycles.